The molecule has 0 aromatic heterocycles. The number of hydrogen-bond acceptors (Lipinski definition) is 1. The van der Waals surface area contributed by atoms with E-state index in [-0.39, 0.29) is 5.41 Å². The first-order chi connectivity index (χ1) is 12.9. The summed E-state index contributed by atoms with van der Waals surface area (Å²) < 4.78 is 0. The molecule has 0 amide bonds. The monoisotopic (exact) mass is 367 g/mol. The predicted molar refractivity (Wildman–Crippen MR) is 119 cm³/mol. The summed E-state index contributed by atoms with van der Waals surface area (Å²) in [5.41, 5.74) is 1.98. The molecule has 1 saturated carbocycles. The number of hydrogen-bond donors (Lipinski definition) is 1. The van der Waals surface area contributed by atoms with Crippen LogP contribution in [0.4, 0.5) is 0 Å². The summed E-state index contributed by atoms with van der Waals surface area (Å²) in [4.78, 5) is 0. The van der Waals surface area contributed by atoms with E-state index < -0.39 is 0 Å². The van der Waals surface area contributed by atoms with Crippen molar-refractivity contribution < 1.29 is 0 Å². The van der Waals surface area contributed by atoms with E-state index in [4.69, 9.17) is 5.41 Å². The first-order valence-corrected chi connectivity index (χ1v) is 11.3. The molecule has 2 rings (SSSR count). The van der Waals surface area contributed by atoms with Crippen molar-refractivity contribution in [2.24, 2.45) is 29.1 Å². The van der Waals surface area contributed by atoms with Crippen molar-refractivity contribution in [3.8, 4) is 11.8 Å². The molecule has 0 heterocycles. The molecular weight excluding hydrogens is 326 g/mol. The summed E-state index contributed by atoms with van der Waals surface area (Å²) >= 11 is 0. The van der Waals surface area contributed by atoms with Crippen LogP contribution in [0.2, 0.25) is 0 Å². The second-order valence-electron chi connectivity index (χ2n) is 9.61. The van der Waals surface area contributed by atoms with Crippen LogP contribution >= 0.6 is 0 Å². The second kappa shape index (κ2) is 10.3. The average molecular weight is 368 g/mol. The number of nitrogens with one attached hydrogen (secondary N) is 1. The fourth-order valence-corrected chi connectivity index (χ4v) is 4.58. The second-order valence-corrected chi connectivity index (χ2v) is 9.61. The lowest BCUT2D eigenvalue weighted by atomic mass is 9.70. The third-order valence-electron chi connectivity index (χ3n) is 7.24. The fraction of sp³-hybridized carbons (Fsp3) is 0.731. The van der Waals surface area contributed by atoms with Gasteiger partial charge in [-0.3, -0.25) is 0 Å². The Labute approximate surface area is 168 Å². The topological polar surface area (TPSA) is 23.9 Å². The Morgan fingerprint density at radius 2 is 1.96 bits per heavy atom. The van der Waals surface area contributed by atoms with Gasteiger partial charge in [-0.1, -0.05) is 84.3 Å². The summed E-state index contributed by atoms with van der Waals surface area (Å²) in [6.45, 7) is 11.9. The maximum absolute atomic E-state index is 9.04. The van der Waals surface area contributed by atoms with Gasteiger partial charge in [0.05, 0.1) is 0 Å². The molecule has 1 heteroatoms. The Balaban J connectivity index is 1.99. The molecule has 0 spiro atoms. The number of allylic oxidation sites excluding steroid dienone is 4. The zero-order chi connectivity index (χ0) is 19.9. The van der Waals surface area contributed by atoms with Gasteiger partial charge < -0.3 is 5.41 Å². The molecule has 4 atom stereocenters. The Hall–Kier alpha value is -1.29. The van der Waals surface area contributed by atoms with E-state index in [1.807, 2.05) is 12.2 Å². The van der Waals surface area contributed by atoms with Crippen molar-refractivity contribution in [1.82, 2.24) is 0 Å². The lowest BCUT2D eigenvalue weighted by Crippen LogP contribution is -2.31. The number of rotatable bonds is 12. The van der Waals surface area contributed by atoms with Gasteiger partial charge in [0.1, 0.15) is 0 Å². The van der Waals surface area contributed by atoms with E-state index in [1.165, 1.54) is 38.5 Å². The summed E-state index contributed by atoms with van der Waals surface area (Å²) in [5.74, 6) is 9.53. The van der Waals surface area contributed by atoms with Crippen LogP contribution in [-0.4, -0.2) is 5.71 Å². The van der Waals surface area contributed by atoms with Gasteiger partial charge in [-0.25, -0.2) is 0 Å². The first kappa shape index (κ1) is 22.0. The first-order valence-electron chi connectivity index (χ1n) is 11.3. The molecular formula is C26H41N. The van der Waals surface area contributed by atoms with E-state index in [2.05, 4.69) is 52.5 Å². The molecule has 0 radical (unpaired) electrons. The van der Waals surface area contributed by atoms with Crippen molar-refractivity contribution in [2.45, 2.75) is 92.4 Å². The molecule has 0 saturated heterocycles. The summed E-state index contributed by atoms with van der Waals surface area (Å²) in [6.07, 6.45) is 17.0. The third-order valence-corrected chi connectivity index (χ3v) is 7.24. The van der Waals surface area contributed by atoms with E-state index in [0.717, 1.165) is 54.2 Å². The highest BCUT2D eigenvalue weighted by Crippen LogP contribution is 2.45. The molecule has 27 heavy (non-hydrogen) atoms. The zero-order valence-electron chi connectivity index (χ0n) is 18.4. The minimum absolute atomic E-state index is 0.00664. The van der Waals surface area contributed by atoms with Gasteiger partial charge in [0.25, 0.3) is 0 Å². The van der Waals surface area contributed by atoms with Crippen LogP contribution in [0.15, 0.2) is 23.8 Å². The van der Waals surface area contributed by atoms with E-state index in [9.17, 15) is 0 Å². The molecule has 150 valence electrons. The molecule has 0 aromatic carbocycles. The minimum atomic E-state index is -0.00664. The highest BCUT2D eigenvalue weighted by Gasteiger charge is 2.37. The lowest BCUT2D eigenvalue weighted by molar-refractivity contribution is 0.283. The largest absolute Gasteiger partial charge is 0.304 e. The smallest absolute Gasteiger partial charge is 0.0414 e. The van der Waals surface area contributed by atoms with E-state index >= 15 is 0 Å². The van der Waals surface area contributed by atoms with Crippen LogP contribution in [0.1, 0.15) is 92.4 Å². The van der Waals surface area contributed by atoms with Crippen molar-refractivity contribution in [1.29, 1.82) is 5.41 Å². The highest BCUT2D eigenvalue weighted by atomic mass is 14.5. The molecule has 4 unspecified atom stereocenters. The molecule has 1 fully saturated rings. The Morgan fingerprint density at radius 3 is 2.63 bits per heavy atom. The molecule has 2 aliphatic carbocycles. The van der Waals surface area contributed by atoms with E-state index in [1.54, 1.807) is 0 Å². The highest BCUT2D eigenvalue weighted by molar-refractivity contribution is 6.02. The lowest BCUT2D eigenvalue weighted by Gasteiger charge is -2.34. The van der Waals surface area contributed by atoms with Crippen LogP contribution < -0.4 is 0 Å². The summed E-state index contributed by atoms with van der Waals surface area (Å²) in [6, 6.07) is 0. The van der Waals surface area contributed by atoms with Crippen LogP contribution in [-0.2, 0) is 0 Å². The normalized spacial score (nSPS) is 21.9. The van der Waals surface area contributed by atoms with Gasteiger partial charge in [-0.05, 0) is 61.0 Å². The number of unbranched alkanes of at least 4 members (excludes halogenated alkanes) is 1. The molecule has 1 N–H and O–H groups in total. The molecule has 0 bridgehead atoms. The Bertz CT molecular complexity index is 610. The molecule has 0 aromatic rings. The van der Waals surface area contributed by atoms with Crippen molar-refractivity contribution >= 4 is 5.71 Å². The van der Waals surface area contributed by atoms with Crippen molar-refractivity contribution in [3.05, 3.63) is 23.8 Å². The van der Waals surface area contributed by atoms with Gasteiger partial charge in [-0.15, -0.1) is 0 Å². The molecule has 1 nitrogen and oxygen atoms in total. The van der Waals surface area contributed by atoms with Crippen LogP contribution in [0, 0.1) is 46.3 Å². The maximum Gasteiger partial charge on any atom is 0.0414 e. The predicted octanol–water partition coefficient (Wildman–Crippen LogP) is 7.58. The fourth-order valence-electron chi connectivity index (χ4n) is 4.58. The van der Waals surface area contributed by atoms with Crippen LogP contribution in [0.3, 0.4) is 0 Å². The maximum atomic E-state index is 9.04. The zero-order valence-corrected chi connectivity index (χ0v) is 18.4. The quantitative estimate of drug-likeness (QED) is 0.209. The molecule has 2 aliphatic rings. The van der Waals surface area contributed by atoms with Gasteiger partial charge in [0, 0.05) is 17.5 Å². The van der Waals surface area contributed by atoms with Crippen LogP contribution in [0.5, 0.6) is 0 Å². The van der Waals surface area contributed by atoms with Gasteiger partial charge in [0.15, 0.2) is 0 Å². The Morgan fingerprint density at radius 1 is 1.22 bits per heavy atom. The van der Waals surface area contributed by atoms with Crippen molar-refractivity contribution in [2.75, 3.05) is 0 Å². The van der Waals surface area contributed by atoms with Crippen molar-refractivity contribution in [3.63, 3.8) is 0 Å². The van der Waals surface area contributed by atoms with Gasteiger partial charge >= 0.3 is 0 Å². The summed E-state index contributed by atoms with van der Waals surface area (Å²) in [5, 5.41) is 9.04. The average Bonchev–Trinajstić information content (AvgIpc) is 3.50. The third kappa shape index (κ3) is 6.67. The summed E-state index contributed by atoms with van der Waals surface area (Å²) in [7, 11) is 0. The van der Waals surface area contributed by atoms with Gasteiger partial charge in [0.2, 0.25) is 0 Å². The standard InChI is InChI=1S/C26H41N/c1-6-20(2)21(3)13-11-12-18-26(5,19-22(4)23-16-17-23)25(27)24-14-9-7-8-10-15-24/h7,9,14,20-23,27H,6,11-13,15-19H2,1-5H3. The van der Waals surface area contributed by atoms with Gasteiger partial charge in [-0.2, -0.15) is 0 Å². The van der Waals surface area contributed by atoms with Crippen LogP contribution in [0.25, 0.3) is 0 Å². The molecule has 0 aliphatic heterocycles. The minimum Gasteiger partial charge on any atom is -0.304 e. The van der Waals surface area contributed by atoms with E-state index in [0.29, 0.717) is 0 Å². The SMILES string of the molecule is CCC(C)C(C)CCCCC(C)(CC(C)C1CC1)C(=N)C1=CC=CC#CC1. The Kier molecular flexibility index (Phi) is 8.40.